The van der Waals surface area contributed by atoms with Crippen LogP contribution in [0.3, 0.4) is 0 Å². The monoisotopic (exact) mass is 276 g/mol. The van der Waals surface area contributed by atoms with Crippen LogP contribution < -0.4 is 15.8 Å². The van der Waals surface area contributed by atoms with Crippen molar-refractivity contribution < 1.29 is 9.15 Å². The van der Waals surface area contributed by atoms with E-state index in [0.717, 1.165) is 12.2 Å². The minimum absolute atomic E-state index is 0.401. The van der Waals surface area contributed by atoms with Crippen molar-refractivity contribution in [2.24, 2.45) is 5.92 Å². The Labute approximate surface area is 118 Å². The highest BCUT2D eigenvalue weighted by Gasteiger charge is 2.13. The maximum atomic E-state index is 5.99. The minimum Gasteiger partial charge on any atom is -0.479 e. The molecule has 0 spiro atoms. The lowest BCUT2D eigenvalue weighted by atomic mass is 10.1. The van der Waals surface area contributed by atoms with E-state index in [1.54, 1.807) is 13.4 Å². The normalized spacial score (nSPS) is 10.8. The van der Waals surface area contributed by atoms with Crippen LogP contribution in [0.5, 0.6) is 5.88 Å². The number of anilines is 2. The number of furan rings is 1. The smallest absolute Gasteiger partial charge is 0.242 e. The Morgan fingerprint density at radius 2 is 2.20 bits per heavy atom. The minimum atomic E-state index is 0.401. The number of aromatic nitrogens is 2. The molecule has 0 saturated carbocycles. The molecule has 0 unspecified atom stereocenters. The highest BCUT2D eigenvalue weighted by Crippen LogP contribution is 2.26. The highest BCUT2D eigenvalue weighted by molar-refractivity contribution is 5.66. The summed E-state index contributed by atoms with van der Waals surface area (Å²) in [4.78, 5) is 8.77. The molecule has 0 amide bonds. The molecule has 0 fully saturated rings. The summed E-state index contributed by atoms with van der Waals surface area (Å²) < 4.78 is 10.5. The van der Waals surface area contributed by atoms with Gasteiger partial charge in [-0.25, -0.2) is 4.98 Å². The first kappa shape index (κ1) is 14.2. The predicted octanol–water partition coefficient (Wildman–Crippen LogP) is 2.47. The Hall–Kier alpha value is -2.24. The molecule has 0 aromatic carbocycles. The van der Waals surface area contributed by atoms with Gasteiger partial charge in [-0.1, -0.05) is 13.8 Å². The molecule has 0 radical (unpaired) electrons. The fourth-order valence-electron chi connectivity index (χ4n) is 1.82. The first-order valence-electron chi connectivity index (χ1n) is 6.56. The Balaban J connectivity index is 2.20. The molecule has 6 nitrogen and oxygen atoms in total. The molecule has 3 N–H and O–H groups in total. The number of hydrogen-bond donors (Lipinski definition) is 2. The molecule has 2 aromatic rings. The van der Waals surface area contributed by atoms with Gasteiger partial charge in [0.15, 0.2) is 5.82 Å². The van der Waals surface area contributed by atoms with E-state index >= 15 is 0 Å². The molecule has 2 heterocycles. The first-order valence-corrected chi connectivity index (χ1v) is 6.56. The van der Waals surface area contributed by atoms with Crippen LogP contribution in [-0.2, 0) is 13.0 Å². The van der Waals surface area contributed by atoms with Gasteiger partial charge >= 0.3 is 0 Å². The van der Waals surface area contributed by atoms with Crippen molar-refractivity contribution in [2.75, 3.05) is 18.2 Å². The quantitative estimate of drug-likeness (QED) is 0.843. The van der Waals surface area contributed by atoms with Crippen molar-refractivity contribution in [1.29, 1.82) is 0 Å². The summed E-state index contributed by atoms with van der Waals surface area (Å²) in [5.74, 6) is 2.96. The third kappa shape index (κ3) is 3.40. The maximum Gasteiger partial charge on any atom is 0.242 e. The third-order valence-electron chi connectivity index (χ3n) is 2.75. The van der Waals surface area contributed by atoms with Gasteiger partial charge in [0.25, 0.3) is 0 Å². The molecule has 2 aromatic heterocycles. The van der Waals surface area contributed by atoms with Gasteiger partial charge in [-0.05, 0) is 18.1 Å². The van der Waals surface area contributed by atoms with E-state index in [4.69, 9.17) is 14.9 Å². The first-order chi connectivity index (χ1) is 9.60. The number of nitrogens with zero attached hydrogens (tertiary/aromatic N) is 2. The summed E-state index contributed by atoms with van der Waals surface area (Å²) in [5, 5.41) is 3.15. The summed E-state index contributed by atoms with van der Waals surface area (Å²) >= 11 is 0. The van der Waals surface area contributed by atoms with Gasteiger partial charge in [-0.15, -0.1) is 0 Å². The molecule has 0 atom stereocenters. The summed E-state index contributed by atoms with van der Waals surface area (Å²) in [6.45, 7) is 4.74. The number of nitrogens with two attached hydrogens (primary N) is 1. The van der Waals surface area contributed by atoms with E-state index in [1.807, 2.05) is 12.1 Å². The largest absolute Gasteiger partial charge is 0.479 e. The van der Waals surface area contributed by atoms with E-state index in [-0.39, 0.29) is 0 Å². The fourth-order valence-corrected chi connectivity index (χ4v) is 1.82. The van der Waals surface area contributed by atoms with Crippen LogP contribution in [0.4, 0.5) is 11.5 Å². The van der Waals surface area contributed by atoms with Crippen LogP contribution in [0.1, 0.15) is 25.4 Å². The van der Waals surface area contributed by atoms with E-state index in [0.29, 0.717) is 35.7 Å². The SMILES string of the molecule is COc1nc(CC(C)C)nc(NCc2ccco2)c1N. The van der Waals surface area contributed by atoms with Crippen LogP contribution in [0.2, 0.25) is 0 Å². The molecule has 0 aliphatic rings. The zero-order valence-corrected chi connectivity index (χ0v) is 12.0. The number of nitrogen functional groups attached to an aromatic ring is 1. The Morgan fingerprint density at radius 3 is 2.80 bits per heavy atom. The second-order valence-corrected chi connectivity index (χ2v) is 4.94. The standard InChI is InChI=1S/C14H20N4O2/c1-9(2)7-11-17-13(12(15)14(18-11)19-3)16-8-10-5-4-6-20-10/h4-6,9H,7-8,15H2,1-3H3,(H,16,17,18). The van der Waals surface area contributed by atoms with Gasteiger partial charge in [0.2, 0.25) is 5.88 Å². The molecular formula is C14H20N4O2. The van der Waals surface area contributed by atoms with Crippen LogP contribution in [0, 0.1) is 5.92 Å². The number of hydrogen-bond acceptors (Lipinski definition) is 6. The average molecular weight is 276 g/mol. The number of rotatable bonds is 6. The number of ether oxygens (including phenoxy) is 1. The third-order valence-corrected chi connectivity index (χ3v) is 2.75. The van der Waals surface area contributed by atoms with Crippen molar-refractivity contribution in [3.8, 4) is 5.88 Å². The van der Waals surface area contributed by atoms with Gasteiger partial charge in [0.05, 0.1) is 19.9 Å². The second kappa shape index (κ2) is 6.27. The van der Waals surface area contributed by atoms with E-state index < -0.39 is 0 Å². The Kier molecular flexibility index (Phi) is 4.45. The lowest BCUT2D eigenvalue weighted by Gasteiger charge is -2.13. The van der Waals surface area contributed by atoms with E-state index in [1.165, 1.54) is 0 Å². The molecule has 6 heteroatoms. The molecular weight excluding hydrogens is 256 g/mol. The molecule has 2 rings (SSSR count). The van der Waals surface area contributed by atoms with Crippen molar-refractivity contribution in [1.82, 2.24) is 9.97 Å². The van der Waals surface area contributed by atoms with Crippen LogP contribution in [0.15, 0.2) is 22.8 Å². The van der Waals surface area contributed by atoms with Gasteiger partial charge in [0.1, 0.15) is 17.3 Å². The summed E-state index contributed by atoms with van der Waals surface area (Å²) in [6.07, 6.45) is 2.40. The van der Waals surface area contributed by atoms with Crippen molar-refractivity contribution in [3.63, 3.8) is 0 Å². The molecule has 0 saturated heterocycles. The predicted molar refractivity (Wildman–Crippen MR) is 77.6 cm³/mol. The fraction of sp³-hybridized carbons (Fsp3) is 0.429. The summed E-state index contributed by atoms with van der Waals surface area (Å²) in [7, 11) is 1.55. The topological polar surface area (TPSA) is 86.2 Å². The van der Waals surface area contributed by atoms with Gasteiger partial charge in [-0.2, -0.15) is 4.98 Å². The van der Waals surface area contributed by atoms with Crippen molar-refractivity contribution >= 4 is 11.5 Å². The van der Waals surface area contributed by atoms with Gasteiger partial charge < -0.3 is 20.2 Å². The van der Waals surface area contributed by atoms with E-state index in [9.17, 15) is 0 Å². The van der Waals surface area contributed by atoms with Gasteiger partial charge in [0, 0.05) is 6.42 Å². The molecule has 108 valence electrons. The molecule has 20 heavy (non-hydrogen) atoms. The van der Waals surface area contributed by atoms with E-state index in [2.05, 4.69) is 29.1 Å². The van der Waals surface area contributed by atoms with Crippen molar-refractivity contribution in [2.45, 2.75) is 26.8 Å². The second-order valence-electron chi connectivity index (χ2n) is 4.94. The number of nitrogens with one attached hydrogen (secondary N) is 1. The Morgan fingerprint density at radius 1 is 1.40 bits per heavy atom. The van der Waals surface area contributed by atoms with Crippen LogP contribution in [-0.4, -0.2) is 17.1 Å². The summed E-state index contributed by atoms with van der Waals surface area (Å²) in [5.41, 5.74) is 6.40. The number of methoxy groups -OCH3 is 1. The maximum absolute atomic E-state index is 5.99. The molecule has 0 aliphatic carbocycles. The zero-order valence-electron chi connectivity index (χ0n) is 12.0. The average Bonchev–Trinajstić information content (AvgIpc) is 2.91. The van der Waals surface area contributed by atoms with Crippen molar-refractivity contribution in [3.05, 3.63) is 30.0 Å². The molecule has 0 aliphatic heterocycles. The van der Waals surface area contributed by atoms with Gasteiger partial charge in [-0.3, -0.25) is 0 Å². The summed E-state index contributed by atoms with van der Waals surface area (Å²) in [6, 6.07) is 3.72. The highest BCUT2D eigenvalue weighted by atomic mass is 16.5. The molecule has 0 bridgehead atoms. The lowest BCUT2D eigenvalue weighted by Crippen LogP contribution is -2.11. The Bertz CT molecular complexity index is 553. The van der Waals surface area contributed by atoms with Crippen LogP contribution >= 0.6 is 0 Å². The zero-order chi connectivity index (χ0) is 14.5. The van der Waals surface area contributed by atoms with Crippen LogP contribution in [0.25, 0.3) is 0 Å². The lowest BCUT2D eigenvalue weighted by molar-refractivity contribution is 0.396.